The molecule has 146 valence electrons. The molecule has 0 amide bonds. The van der Waals surface area contributed by atoms with Crippen LogP contribution in [-0.2, 0) is 0 Å². The molecule has 29 heavy (non-hydrogen) atoms. The lowest BCUT2D eigenvalue weighted by molar-refractivity contribution is 0.367. The number of benzene rings is 2. The fourth-order valence-corrected chi connectivity index (χ4v) is 3.58. The van der Waals surface area contributed by atoms with E-state index in [-0.39, 0.29) is 5.56 Å². The quantitative estimate of drug-likeness (QED) is 0.264. The highest BCUT2D eigenvalue weighted by atomic mass is 32.1. The largest absolute Gasteiger partial charge is 0.504 e. The number of para-hydroxylation sites is 1. The van der Waals surface area contributed by atoms with Crippen molar-refractivity contribution in [1.29, 1.82) is 0 Å². The van der Waals surface area contributed by atoms with Crippen LogP contribution in [0.5, 0.6) is 17.2 Å². The third-order valence-corrected chi connectivity index (χ3v) is 5.05. The minimum atomic E-state index is -0.599. The summed E-state index contributed by atoms with van der Waals surface area (Å²) in [5, 5.41) is 36.5. The van der Waals surface area contributed by atoms with E-state index in [1.807, 2.05) is 35.7 Å². The average Bonchev–Trinajstić information content (AvgIpc) is 3.33. The lowest BCUT2D eigenvalue weighted by Gasteiger charge is -2.04. The number of phenols is 3. The van der Waals surface area contributed by atoms with E-state index >= 15 is 0 Å². The van der Waals surface area contributed by atoms with Crippen molar-refractivity contribution in [3.63, 3.8) is 0 Å². The Balaban J connectivity index is 1.83. The zero-order chi connectivity index (χ0) is 20.4. The minimum Gasteiger partial charge on any atom is -0.504 e. The standard InChI is InChI=1S/C21H17N3O4S/c1-2-9-22-21-24(23-11-14-7-8-16(25)20(27)19(14)26)15(12-29-21)18-10-13-5-3-4-6-17(13)28-18/h2-8,10-12,25-27H,1,9H2. The summed E-state index contributed by atoms with van der Waals surface area (Å²) in [6.07, 6.45) is 3.05. The SMILES string of the molecule is C=CCN=c1scc(-c2cc3ccccc3o2)n1N=Cc1ccc(O)c(O)c1O. The topological polar surface area (TPSA) is 103 Å². The van der Waals surface area contributed by atoms with Crippen molar-refractivity contribution in [1.82, 2.24) is 4.68 Å². The van der Waals surface area contributed by atoms with Crippen LogP contribution in [0.2, 0.25) is 0 Å². The van der Waals surface area contributed by atoms with Crippen LogP contribution >= 0.6 is 11.3 Å². The molecule has 4 aromatic rings. The van der Waals surface area contributed by atoms with Gasteiger partial charge in [-0.05, 0) is 24.3 Å². The van der Waals surface area contributed by atoms with E-state index in [0.717, 1.165) is 11.0 Å². The number of fused-ring (bicyclic) bond motifs is 1. The second kappa shape index (κ2) is 7.69. The van der Waals surface area contributed by atoms with Crippen molar-refractivity contribution in [2.75, 3.05) is 6.54 Å². The summed E-state index contributed by atoms with van der Waals surface area (Å²) in [6.45, 7) is 4.10. The van der Waals surface area contributed by atoms with Crippen LogP contribution in [0.4, 0.5) is 0 Å². The van der Waals surface area contributed by atoms with E-state index in [9.17, 15) is 15.3 Å². The van der Waals surface area contributed by atoms with E-state index in [1.165, 1.54) is 29.7 Å². The second-order valence-electron chi connectivity index (χ2n) is 6.11. The summed E-state index contributed by atoms with van der Waals surface area (Å²) in [6, 6.07) is 12.3. The first-order valence-corrected chi connectivity index (χ1v) is 9.55. The molecule has 0 atom stereocenters. The van der Waals surface area contributed by atoms with Gasteiger partial charge in [-0.2, -0.15) is 5.10 Å². The predicted octanol–water partition coefficient (Wildman–Crippen LogP) is 4.05. The molecule has 0 bridgehead atoms. The van der Waals surface area contributed by atoms with Crippen molar-refractivity contribution in [2.45, 2.75) is 0 Å². The minimum absolute atomic E-state index is 0.240. The smallest absolute Gasteiger partial charge is 0.206 e. The van der Waals surface area contributed by atoms with Gasteiger partial charge in [0, 0.05) is 16.3 Å². The fraction of sp³-hybridized carbons (Fsp3) is 0.0476. The molecule has 3 N–H and O–H groups in total. The molecule has 0 aliphatic heterocycles. The number of hydrogen-bond donors (Lipinski definition) is 3. The van der Waals surface area contributed by atoms with Crippen molar-refractivity contribution >= 4 is 28.5 Å². The van der Waals surface area contributed by atoms with E-state index in [1.54, 1.807) is 10.8 Å². The molecule has 2 heterocycles. The third kappa shape index (κ3) is 3.53. The highest BCUT2D eigenvalue weighted by Gasteiger charge is 2.14. The number of aromatic nitrogens is 1. The molecular weight excluding hydrogens is 390 g/mol. The first-order valence-electron chi connectivity index (χ1n) is 8.67. The molecule has 0 spiro atoms. The monoisotopic (exact) mass is 407 g/mol. The average molecular weight is 407 g/mol. The van der Waals surface area contributed by atoms with Gasteiger partial charge < -0.3 is 19.7 Å². The van der Waals surface area contributed by atoms with Gasteiger partial charge in [0.25, 0.3) is 0 Å². The molecule has 0 saturated heterocycles. The number of hydrogen-bond acceptors (Lipinski definition) is 7. The molecule has 0 unspecified atom stereocenters. The Kier molecular flexibility index (Phi) is 4.92. The van der Waals surface area contributed by atoms with Crippen molar-refractivity contribution in [3.8, 4) is 28.7 Å². The highest BCUT2D eigenvalue weighted by molar-refractivity contribution is 7.07. The number of thiazole rings is 1. The normalized spacial score (nSPS) is 12.2. The summed E-state index contributed by atoms with van der Waals surface area (Å²) in [5.74, 6) is -0.845. The Bertz CT molecular complexity index is 1260. The van der Waals surface area contributed by atoms with Crippen molar-refractivity contribution in [2.24, 2.45) is 10.1 Å². The Morgan fingerprint density at radius 3 is 2.72 bits per heavy atom. The number of aromatic hydroxyl groups is 3. The van der Waals surface area contributed by atoms with Gasteiger partial charge in [0.15, 0.2) is 17.3 Å². The highest BCUT2D eigenvalue weighted by Crippen LogP contribution is 2.36. The molecule has 0 aliphatic carbocycles. The molecule has 0 fully saturated rings. The van der Waals surface area contributed by atoms with Gasteiger partial charge in [0.05, 0.1) is 12.8 Å². The lowest BCUT2D eigenvalue weighted by Crippen LogP contribution is -2.12. The molecule has 4 rings (SSSR count). The van der Waals surface area contributed by atoms with Gasteiger partial charge in [-0.1, -0.05) is 24.3 Å². The van der Waals surface area contributed by atoms with Gasteiger partial charge in [0.2, 0.25) is 10.6 Å². The Labute approximate surface area is 169 Å². The maximum Gasteiger partial charge on any atom is 0.206 e. The Hall–Kier alpha value is -3.78. The van der Waals surface area contributed by atoms with Gasteiger partial charge in [0.1, 0.15) is 11.3 Å². The van der Waals surface area contributed by atoms with Crippen LogP contribution in [0.15, 0.2) is 75.0 Å². The summed E-state index contributed by atoms with van der Waals surface area (Å²) in [7, 11) is 0. The predicted molar refractivity (Wildman–Crippen MR) is 113 cm³/mol. The molecule has 2 aromatic heterocycles. The fourth-order valence-electron chi connectivity index (χ4n) is 2.75. The number of phenolic OH excluding ortho intramolecular Hbond substituents is 3. The van der Waals surface area contributed by atoms with Crippen LogP contribution in [0.3, 0.4) is 0 Å². The van der Waals surface area contributed by atoms with Crippen LogP contribution in [-0.4, -0.2) is 32.8 Å². The number of furan rings is 1. The molecule has 2 aromatic carbocycles. The van der Waals surface area contributed by atoms with Gasteiger partial charge in [-0.3, -0.25) is 4.99 Å². The van der Waals surface area contributed by atoms with Crippen molar-refractivity contribution < 1.29 is 19.7 Å². The van der Waals surface area contributed by atoms with Crippen molar-refractivity contribution in [3.05, 3.63) is 70.9 Å². The first-order chi connectivity index (χ1) is 14.1. The molecule has 0 saturated carbocycles. The third-order valence-electron chi connectivity index (χ3n) is 4.19. The summed E-state index contributed by atoms with van der Waals surface area (Å²) in [4.78, 5) is 5.06. The van der Waals surface area contributed by atoms with E-state index < -0.39 is 17.2 Å². The van der Waals surface area contributed by atoms with Gasteiger partial charge in [-0.15, -0.1) is 17.9 Å². The van der Waals surface area contributed by atoms with E-state index in [4.69, 9.17) is 4.42 Å². The zero-order valence-corrected chi connectivity index (χ0v) is 16.0. The Morgan fingerprint density at radius 2 is 1.93 bits per heavy atom. The number of nitrogens with zero attached hydrogens (tertiary/aromatic N) is 3. The molecule has 0 radical (unpaired) electrons. The number of rotatable bonds is 5. The van der Waals surface area contributed by atoms with Crippen LogP contribution in [0.25, 0.3) is 22.4 Å². The maximum atomic E-state index is 10.0. The van der Waals surface area contributed by atoms with Gasteiger partial charge >= 0.3 is 0 Å². The first kappa shape index (κ1) is 18.6. The van der Waals surface area contributed by atoms with Crippen LogP contribution in [0.1, 0.15) is 5.56 Å². The molecule has 7 nitrogen and oxygen atoms in total. The Morgan fingerprint density at radius 1 is 1.10 bits per heavy atom. The zero-order valence-electron chi connectivity index (χ0n) is 15.2. The second-order valence-corrected chi connectivity index (χ2v) is 6.95. The molecule has 8 heteroatoms. The summed E-state index contributed by atoms with van der Waals surface area (Å²) < 4.78 is 7.54. The van der Waals surface area contributed by atoms with E-state index in [0.29, 0.717) is 22.8 Å². The molecule has 0 aliphatic rings. The lowest BCUT2D eigenvalue weighted by atomic mass is 10.2. The maximum absolute atomic E-state index is 10.0. The summed E-state index contributed by atoms with van der Waals surface area (Å²) >= 11 is 1.39. The van der Waals surface area contributed by atoms with E-state index in [2.05, 4.69) is 16.7 Å². The van der Waals surface area contributed by atoms with Crippen LogP contribution < -0.4 is 4.80 Å². The van der Waals surface area contributed by atoms with Gasteiger partial charge in [-0.25, -0.2) is 4.68 Å². The van der Waals surface area contributed by atoms with Crippen LogP contribution in [0, 0.1) is 0 Å². The molecular formula is C21H17N3O4S. The summed E-state index contributed by atoms with van der Waals surface area (Å²) in [5.41, 5.74) is 1.69.